The SMILES string of the molecule is CN(C(=O)Nc1ccc(F)c(Cl)c1)C1COCc2nc(NCCO)c3cc(F)c(F)cc3c21. The molecule has 33 heavy (non-hydrogen) atoms. The van der Waals surface area contributed by atoms with Crippen LogP contribution in [-0.4, -0.2) is 47.8 Å². The van der Waals surface area contributed by atoms with E-state index in [1.165, 1.54) is 24.1 Å². The number of aliphatic hydroxyl groups excluding tert-OH is 1. The van der Waals surface area contributed by atoms with Crippen molar-refractivity contribution >= 4 is 39.9 Å². The molecule has 2 aromatic carbocycles. The fraction of sp³-hybridized carbons (Fsp3) is 0.273. The molecule has 0 fully saturated rings. The quantitative estimate of drug-likeness (QED) is 0.502. The van der Waals surface area contributed by atoms with Gasteiger partial charge in [-0.3, -0.25) is 0 Å². The molecule has 3 aromatic rings. The van der Waals surface area contributed by atoms with Crippen molar-refractivity contribution < 1.29 is 27.8 Å². The highest BCUT2D eigenvalue weighted by atomic mass is 35.5. The maximum absolute atomic E-state index is 14.2. The van der Waals surface area contributed by atoms with Crippen molar-refractivity contribution in [3.63, 3.8) is 0 Å². The first kappa shape index (κ1) is 23.1. The van der Waals surface area contributed by atoms with Crippen LogP contribution in [0.4, 0.5) is 29.5 Å². The molecule has 0 bridgehead atoms. The highest BCUT2D eigenvalue weighted by Crippen LogP contribution is 2.38. The Kier molecular flexibility index (Phi) is 6.59. The van der Waals surface area contributed by atoms with Gasteiger partial charge in [0.2, 0.25) is 0 Å². The second kappa shape index (κ2) is 9.42. The van der Waals surface area contributed by atoms with Crippen molar-refractivity contribution in [1.29, 1.82) is 0 Å². The number of nitrogens with one attached hydrogen (secondary N) is 2. The lowest BCUT2D eigenvalue weighted by molar-refractivity contribution is 0.0529. The van der Waals surface area contributed by atoms with Crippen LogP contribution in [0.2, 0.25) is 5.02 Å². The van der Waals surface area contributed by atoms with Crippen molar-refractivity contribution in [2.75, 3.05) is 37.4 Å². The number of aromatic nitrogens is 1. The van der Waals surface area contributed by atoms with Gasteiger partial charge in [0.05, 0.1) is 36.6 Å². The van der Waals surface area contributed by atoms with Gasteiger partial charge in [-0.25, -0.2) is 22.9 Å². The van der Waals surface area contributed by atoms with E-state index in [1.807, 2.05) is 0 Å². The molecule has 0 spiro atoms. The topological polar surface area (TPSA) is 86.7 Å². The Morgan fingerprint density at radius 1 is 1.21 bits per heavy atom. The van der Waals surface area contributed by atoms with Crippen LogP contribution in [0.25, 0.3) is 10.8 Å². The molecule has 0 radical (unpaired) electrons. The Bertz CT molecular complexity index is 1230. The number of hydrogen-bond donors (Lipinski definition) is 3. The molecular formula is C22H20ClF3N4O3. The number of likely N-dealkylation sites (N-methyl/N-ethyl adjacent to an activating group) is 1. The van der Waals surface area contributed by atoms with Crippen LogP contribution in [0.15, 0.2) is 30.3 Å². The summed E-state index contributed by atoms with van der Waals surface area (Å²) in [4.78, 5) is 18.7. The minimum Gasteiger partial charge on any atom is -0.395 e. The number of fused-ring (bicyclic) bond motifs is 3. The molecule has 1 unspecified atom stereocenters. The first-order chi connectivity index (χ1) is 15.8. The standard InChI is InChI=1S/C22H20ClF3N4O3/c1-30(22(32)28-11-2-3-15(24)14(23)6-11)19-10-33-9-18-20(19)12-7-16(25)17(26)8-13(12)21(29-18)27-4-5-31/h2-3,6-8,19,31H,4-5,9-10H2,1H3,(H,27,29)(H,28,32). The normalized spacial score (nSPS) is 15.3. The number of rotatable bonds is 5. The van der Waals surface area contributed by atoms with E-state index in [0.717, 1.165) is 18.2 Å². The zero-order valence-corrected chi connectivity index (χ0v) is 18.2. The molecule has 2 amide bonds. The van der Waals surface area contributed by atoms with Gasteiger partial charge in [-0.15, -0.1) is 0 Å². The molecule has 11 heteroatoms. The Balaban J connectivity index is 1.74. The summed E-state index contributed by atoms with van der Waals surface area (Å²) in [5.41, 5.74) is 1.27. The second-order valence-corrected chi connectivity index (χ2v) is 7.89. The molecule has 3 N–H and O–H groups in total. The van der Waals surface area contributed by atoms with Gasteiger partial charge in [0.15, 0.2) is 11.6 Å². The average Bonchev–Trinajstić information content (AvgIpc) is 2.80. The largest absolute Gasteiger partial charge is 0.395 e. The van der Waals surface area contributed by atoms with Crippen molar-refractivity contribution in [3.8, 4) is 0 Å². The van der Waals surface area contributed by atoms with Crippen LogP contribution >= 0.6 is 11.6 Å². The summed E-state index contributed by atoms with van der Waals surface area (Å²) in [6.45, 7) is 0.184. The summed E-state index contributed by atoms with van der Waals surface area (Å²) in [7, 11) is 1.52. The molecule has 0 saturated carbocycles. The van der Waals surface area contributed by atoms with Gasteiger partial charge >= 0.3 is 6.03 Å². The Hall–Kier alpha value is -3.08. The first-order valence-electron chi connectivity index (χ1n) is 10.0. The number of ether oxygens (including phenoxy) is 1. The lowest BCUT2D eigenvalue weighted by Gasteiger charge is -2.34. The van der Waals surface area contributed by atoms with E-state index < -0.39 is 29.5 Å². The highest BCUT2D eigenvalue weighted by Gasteiger charge is 2.32. The molecule has 7 nitrogen and oxygen atoms in total. The first-order valence-corrected chi connectivity index (χ1v) is 10.4. The number of nitrogens with zero attached hydrogens (tertiary/aromatic N) is 2. The van der Waals surface area contributed by atoms with Crippen LogP contribution in [0.3, 0.4) is 0 Å². The lowest BCUT2D eigenvalue weighted by Crippen LogP contribution is -2.39. The third-order valence-corrected chi connectivity index (χ3v) is 5.66. The number of aliphatic hydroxyl groups is 1. The van der Waals surface area contributed by atoms with Crippen LogP contribution in [0.5, 0.6) is 0 Å². The Morgan fingerprint density at radius 3 is 2.64 bits per heavy atom. The number of pyridine rings is 1. The van der Waals surface area contributed by atoms with E-state index in [0.29, 0.717) is 22.0 Å². The number of benzene rings is 2. The number of amides is 2. The minimum absolute atomic E-state index is 0.0975. The fourth-order valence-electron chi connectivity index (χ4n) is 3.75. The van der Waals surface area contributed by atoms with E-state index in [-0.39, 0.29) is 42.9 Å². The average molecular weight is 481 g/mol. The van der Waals surface area contributed by atoms with E-state index in [1.54, 1.807) is 0 Å². The molecule has 1 aromatic heterocycles. The molecule has 0 aliphatic carbocycles. The number of urea groups is 1. The Morgan fingerprint density at radius 2 is 1.94 bits per heavy atom. The van der Waals surface area contributed by atoms with Gasteiger partial charge in [-0.2, -0.15) is 0 Å². The summed E-state index contributed by atoms with van der Waals surface area (Å²) in [5, 5.41) is 15.2. The van der Waals surface area contributed by atoms with E-state index in [2.05, 4.69) is 15.6 Å². The van der Waals surface area contributed by atoms with Crippen molar-refractivity contribution in [2.45, 2.75) is 12.6 Å². The molecule has 1 aliphatic rings. The summed E-state index contributed by atoms with van der Waals surface area (Å²) in [6.07, 6.45) is 0. The predicted octanol–water partition coefficient (Wildman–Crippen LogP) is 4.44. The van der Waals surface area contributed by atoms with Gasteiger partial charge in [-0.1, -0.05) is 11.6 Å². The van der Waals surface area contributed by atoms with E-state index in [9.17, 15) is 18.0 Å². The molecular weight excluding hydrogens is 461 g/mol. The minimum atomic E-state index is -1.04. The van der Waals surface area contributed by atoms with Crippen LogP contribution in [0.1, 0.15) is 17.3 Å². The molecule has 4 rings (SSSR count). The number of carbonyl (C=O) groups is 1. The molecule has 1 aliphatic heterocycles. The highest BCUT2D eigenvalue weighted by molar-refractivity contribution is 6.31. The monoisotopic (exact) mass is 480 g/mol. The third kappa shape index (κ3) is 4.54. The number of carbonyl (C=O) groups excluding carboxylic acids is 1. The summed E-state index contributed by atoms with van der Waals surface area (Å²) in [5.74, 6) is -2.43. The van der Waals surface area contributed by atoms with Gasteiger partial charge in [0.1, 0.15) is 11.6 Å². The maximum Gasteiger partial charge on any atom is 0.322 e. The summed E-state index contributed by atoms with van der Waals surface area (Å²) < 4.78 is 47.3. The van der Waals surface area contributed by atoms with Gasteiger partial charge in [0, 0.05) is 30.2 Å². The van der Waals surface area contributed by atoms with Crippen LogP contribution in [0, 0.1) is 17.5 Å². The maximum atomic E-state index is 14.2. The van der Waals surface area contributed by atoms with Gasteiger partial charge in [-0.05, 0) is 35.7 Å². The predicted molar refractivity (Wildman–Crippen MR) is 118 cm³/mol. The van der Waals surface area contributed by atoms with E-state index >= 15 is 0 Å². The zero-order chi connectivity index (χ0) is 23.7. The number of anilines is 2. The number of halogens is 4. The van der Waals surface area contributed by atoms with E-state index in [4.69, 9.17) is 21.4 Å². The zero-order valence-electron chi connectivity index (χ0n) is 17.5. The van der Waals surface area contributed by atoms with Crippen LogP contribution < -0.4 is 10.6 Å². The van der Waals surface area contributed by atoms with Crippen molar-refractivity contribution in [1.82, 2.24) is 9.88 Å². The van der Waals surface area contributed by atoms with Crippen molar-refractivity contribution in [3.05, 3.63) is 64.1 Å². The fourth-order valence-corrected chi connectivity index (χ4v) is 3.93. The van der Waals surface area contributed by atoms with Crippen molar-refractivity contribution in [2.24, 2.45) is 0 Å². The number of hydrogen-bond acceptors (Lipinski definition) is 5. The second-order valence-electron chi connectivity index (χ2n) is 7.48. The van der Waals surface area contributed by atoms with Gasteiger partial charge < -0.3 is 25.4 Å². The summed E-state index contributed by atoms with van der Waals surface area (Å²) in [6, 6.07) is 4.67. The smallest absolute Gasteiger partial charge is 0.322 e. The molecule has 2 heterocycles. The Labute approximate surface area is 192 Å². The lowest BCUT2D eigenvalue weighted by atomic mass is 9.95. The third-order valence-electron chi connectivity index (χ3n) is 5.37. The molecule has 0 saturated heterocycles. The van der Waals surface area contributed by atoms with Crippen LogP contribution in [-0.2, 0) is 11.3 Å². The van der Waals surface area contributed by atoms with Gasteiger partial charge in [0.25, 0.3) is 0 Å². The summed E-state index contributed by atoms with van der Waals surface area (Å²) >= 11 is 5.78. The molecule has 1 atom stereocenters. The molecule has 174 valence electrons.